The molecule has 0 saturated heterocycles. The zero-order chi connectivity index (χ0) is 40.3. The van der Waals surface area contributed by atoms with Gasteiger partial charge in [-0.15, -0.1) is 0 Å². The van der Waals surface area contributed by atoms with Crippen molar-refractivity contribution in [1.82, 2.24) is 0 Å². The standard InChI is InChI=1S/C54H52N2Si2/c1-57(2,3)53-35-31-51(32-36-53)55(47-13-9-7-10-14-47)49-27-20-41(21-28-49)17-18-42-19-22-46-40-45(24-23-44(46)39-42)43-25-29-50(30-26-43)56(48-15-11-8-12-16-48)52-33-37-54(38-34-52)58(4,5)6/h7-40H,1-6H3/b18-17+. The van der Waals surface area contributed by atoms with Crippen LogP contribution in [-0.4, -0.2) is 16.1 Å². The van der Waals surface area contributed by atoms with Crippen molar-refractivity contribution in [1.29, 1.82) is 0 Å². The third-order valence-electron chi connectivity index (χ3n) is 11.0. The fourth-order valence-electron chi connectivity index (χ4n) is 7.55. The Labute approximate surface area is 347 Å². The summed E-state index contributed by atoms with van der Waals surface area (Å²) in [5.41, 5.74) is 11.7. The first kappa shape index (κ1) is 38.7. The second-order valence-electron chi connectivity index (χ2n) is 17.2. The number of benzene rings is 8. The van der Waals surface area contributed by atoms with E-state index in [1.165, 1.54) is 54.8 Å². The first-order valence-electron chi connectivity index (χ1n) is 20.3. The molecule has 0 aliphatic heterocycles. The Balaban J connectivity index is 0.993. The molecule has 2 nitrogen and oxygen atoms in total. The van der Waals surface area contributed by atoms with Gasteiger partial charge in [0.05, 0.1) is 16.1 Å². The lowest BCUT2D eigenvalue weighted by atomic mass is 9.99. The van der Waals surface area contributed by atoms with Gasteiger partial charge in [-0.05, 0) is 118 Å². The van der Waals surface area contributed by atoms with Crippen LogP contribution in [0.2, 0.25) is 39.3 Å². The lowest BCUT2D eigenvalue weighted by molar-refractivity contribution is 1.28. The van der Waals surface area contributed by atoms with Crippen molar-refractivity contribution in [2.24, 2.45) is 0 Å². The van der Waals surface area contributed by atoms with Gasteiger partial charge in [0.15, 0.2) is 0 Å². The van der Waals surface area contributed by atoms with Gasteiger partial charge < -0.3 is 9.80 Å². The molecule has 0 radical (unpaired) electrons. The topological polar surface area (TPSA) is 6.48 Å². The molecule has 0 aliphatic rings. The van der Waals surface area contributed by atoms with Gasteiger partial charge in [-0.3, -0.25) is 0 Å². The van der Waals surface area contributed by atoms with Crippen LogP contribution in [-0.2, 0) is 0 Å². The first-order chi connectivity index (χ1) is 28.0. The van der Waals surface area contributed by atoms with Gasteiger partial charge in [-0.2, -0.15) is 0 Å². The van der Waals surface area contributed by atoms with E-state index in [4.69, 9.17) is 0 Å². The number of fused-ring (bicyclic) bond motifs is 1. The summed E-state index contributed by atoms with van der Waals surface area (Å²) >= 11 is 0. The van der Waals surface area contributed by atoms with Crippen molar-refractivity contribution in [3.8, 4) is 11.1 Å². The SMILES string of the molecule is C[Si](C)(C)c1ccc(N(c2ccccc2)c2ccc(/C=C/c3ccc4cc(-c5ccc(N(c6ccccc6)c6ccc([Si](C)(C)C)cc6)cc5)ccc4c3)cc2)cc1. The Morgan fingerprint density at radius 2 is 0.655 bits per heavy atom. The highest BCUT2D eigenvalue weighted by Gasteiger charge is 2.19. The van der Waals surface area contributed by atoms with E-state index in [1.807, 2.05) is 0 Å². The highest BCUT2D eigenvalue weighted by Crippen LogP contribution is 2.37. The van der Waals surface area contributed by atoms with Crippen LogP contribution in [0.15, 0.2) is 194 Å². The predicted molar refractivity (Wildman–Crippen MR) is 260 cm³/mol. The van der Waals surface area contributed by atoms with Crippen LogP contribution in [0.5, 0.6) is 0 Å². The molecule has 8 rings (SSSR count). The van der Waals surface area contributed by atoms with Crippen molar-refractivity contribution >= 4 is 83.6 Å². The lowest BCUT2D eigenvalue weighted by Crippen LogP contribution is -2.37. The van der Waals surface area contributed by atoms with E-state index in [2.05, 4.69) is 255 Å². The summed E-state index contributed by atoms with van der Waals surface area (Å²) in [6.45, 7) is 14.4. The number of anilines is 6. The Bertz CT molecular complexity index is 2640. The van der Waals surface area contributed by atoms with Crippen LogP contribution in [0.4, 0.5) is 34.1 Å². The third kappa shape index (κ3) is 8.69. The van der Waals surface area contributed by atoms with Crippen LogP contribution in [0.3, 0.4) is 0 Å². The van der Waals surface area contributed by atoms with E-state index < -0.39 is 16.1 Å². The Morgan fingerprint density at radius 3 is 1.12 bits per heavy atom. The smallest absolute Gasteiger partial charge is 0.0775 e. The summed E-state index contributed by atoms with van der Waals surface area (Å²) in [5, 5.41) is 5.40. The first-order valence-corrected chi connectivity index (χ1v) is 27.3. The molecule has 4 heteroatoms. The molecule has 0 heterocycles. The van der Waals surface area contributed by atoms with Gasteiger partial charge in [0, 0.05) is 34.1 Å². The average molecular weight is 785 g/mol. The summed E-state index contributed by atoms with van der Waals surface area (Å²) in [5.74, 6) is 0. The summed E-state index contributed by atoms with van der Waals surface area (Å²) in [6.07, 6.45) is 4.41. The zero-order valence-corrected chi connectivity index (χ0v) is 36.5. The highest BCUT2D eigenvalue weighted by atomic mass is 28.3. The minimum atomic E-state index is -1.39. The molecule has 58 heavy (non-hydrogen) atoms. The second kappa shape index (κ2) is 16.3. The van der Waals surface area contributed by atoms with Gasteiger partial charge in [-0.1, -0.05) is 171 Å². The quantitative estimate of drug-likeness (QED) is 0.0952. The van der Waals surface area contributed by atoms with Crippen LogP contribution < -0.4 is 20.2 Å². The summed E-state index contributed by atoms with van der Waals surface area (Å²) < 4.78 is 0. The molecule has 0 spiro atoms. The van der Waals surface area contributed by atoms with Crippen LogP contribution in [0, 0.1) is 0 Å². The fourth-order valence-corrected chi connectivity index (χ4v) is 9.88. The maximum atomic E-state index is 2.40. The van der Waals surface area contributed by atoms with Crippen LogP contribution >= 0.6 is 0 Å². The Hall–Kier alpha value is -6.21. The van der Waals surface area contributed by atoms with Gasteiger partial charge in [-0.25, -0.2) is 0 Å². The molecule has 0 unspecified atom stereocenters. The number of hydrogen-bond donors (Lipinski definition) is 0. The highest BCUT2D eigenvalue weighted by molar-refractivity contribution is 6.89. The number of para-hydroxylation sites is 2. The lowest BCUT2D eigenvalue weighted by Gasteiger charge is -2.26. The van der Waals surface area contributed by atoms with E-state index in [0.29, 0.717) is 0 Å². The van der Waals surface area contributed by atoms with E-state index >= 15 is 0 Å². The van der Waals surface area contributed by atoms with Crippen molar-refractivity contribution in [3.05, 3.63) is 205 Å². The molecule has 286 valence electrons. The zero-order valence-electron chi connectivity index (χ0n) is 34.5. The molecule has 0 fully saturated rings. The molecule has 8 aromatic carbocycles. The third-order valence-corrected chi connectivity index (χ3v) is 15.1. The Kier molecular flexibility index (Phi) is 10.9. The largest absolute Gasteiger partial charge is 0.311 e. The molecule has 0 saturated carbocycles. The maximum Gasteiger partial charge on any atom is 0.0775 e. The van der Waals surface area contributed by atoms with Gasteiger partial charge in [0.25, 0.3) is 0 Å². The molecule has 0 amide bonds. The van der Waals surface area contributed by atoms with Gasteiger partial charge in [0.2, 0.25) is 0 Å². The normalized spacial score (nSPS) is 11.9. The van der Waals surface area contributed by atoms with Crippen LogP contribution in [0.25, 0.3) is 34.1 Å². The fraction of sp³-hybridized carbons (Fsp3) is 0.111. The Morgan fingerprint density at radius 1 is 0.310 bits per heavy atom. The second-order valence-corrected chi connectivity index (χ2v) is 27.4. The van der Waals surface area contributed by atoms with Crippen molar-refractivity contribution < 1.29 is 0 Å². The summed E-state index contributed by atoms with van der Waals surface area (Å²) in [4.78, 5) is 4.68. The van der Waals surface area contributed by atoms with Gasteiger partial charge in [0.1, 0.15) is 0 Å². The molecule has 0 bridgehead atoms. The average Bonchev–Trinajstić information content (AvgIpc) is 3.24. The molecular weight excluding hydrogens is 733 g/mol. The molecular formula is C54H52N2Si2. The molecule has 0 aliphatic carbocycles. The van der Waals surface area contributed by atoms with E-state index in [1.54, 1.807) is 0 Å². The van der Waals surface area contributed by atoms with Crippen molar-refractivity contribution in [2.45, 2.75) is 39.3 Å². The maximum absolute atomic E-state index is 2.40. The molecule has 0 aromatic heterocycles. The van der Waals surface area contributed by atoms with Crippen molar-refractivity contribution in [3.63, 3.8) is 0 Å². The van der Waals surface area contributed by atoms with E-state index in [-0.39, 0.29) is 0 Å². The number of rotatable bonds is 11. The minimum absolute atomic E-state index is 1.14. The summed E-state index contributed by atoms with van der Waals surface area (Å²) in [6, 6.07) is 70.9. The van der Waals surface area contributed by atoms with Crippen molar-refractivity contribution in [2.75, 3.05) is 9.80 Å². The van der Waals surface area contributed by atoms with E-state index in [0.717, 1.165) is 22.7 Å². The number of hydrogen-bond acceptors (Lipinski definition) is 2. The predicted octanol–water partition coefficient (Wildman–Crippen LogP) is 14.7. The summed E-state index contributed by atoms with van der Waals surface area (Å²) in [7, 11) is -2.77. The molecule has 0 N–H and O–H groups in total. The van der Waals surface area contributed by atoms with Crippen LogP contribution in [0.1, 0.15) is 11.1 Å². The van der Waals surface area contributed by atoms with E-state index in [9.17, 15) is 0 Å². The molecule has 0 atom stereocenters. The molecule has 8 aromatic rings. The van der Waals surface area contributed by atoms with Gasteiger partial charge >= 0.3 is 0 Å². The number of nitrogens with zero attached hydrogens (tertiary/aromatic N) is 2. The minimum Gasteiger partial charge on any atom is -0.311 e. The monoisotopic (exact) mass is 784 g/mol.